The van der Waals surface area contributed by atoms with Crippen LogP contribution >= 0.6 is 0 Å². The number of ether oxygens (including phenoxy) is 1. The highest BCUT2D eigenvalue weighted by Crippen LogP contribution is 2.35. The van der Waals surface area contributed by atoms with Gasteiger partial charge < -0.3 is 10.5 Å². The van der Waals surface area contributed by atoms with Crippen molar-refractivity contribution < 1.29 is 27.5 Å². The van der Waals surface area contributed by atoms with E-state index in [0.29, 0.717) is 6.07 Å². The fourth-order valence-corrected chi connectivity index (χ4v) is 1.31. The molecule has 0 aliphatic carbocycles. The van der Waals surface area contributed by atoms with Gasteiger partial charge in [-0.2, -0.15) is 13.2 Å². The molecule has 92 valence electrons. The van der Waals surface area contributed by atoms with E-state index in [1.807, 2.05) is 0 Å². The predicted molar refractivity (Wildman–Crippen MR) is 51.9 cm³/mol. The first-order valence-corrected chi connectivity index (χ1v) is 4.35. The smallest absolute Gasteiger partial charge is 0.417 e. The molecule has 0 aliphatic heterocycles. The number of halogens is 3. The van der Waals surface area contributed by atoms with E-state index in [-0.39, 0.29) is 12.0 Å². The van der Waals surface area contributed by atoms with Gasteiger partial charge in [-0.3, -0.25) is 9.59 Å². The highest BCUT2D eigenvalue weighted by molar-refractivity contribution is 6.01. The van der Waals surface area contributed by atoms with Crippen molar-refractivity contribution in [1.82, 2.24) is 0 Å². The van der Waals surface area contributed by atoms with Gasteiger partial charge in [-0.1, -0.05) is 0 Å². The van der Waals surface area contributed by atoms with E-state index in [1.54, 1.807) is 0 Å². The first-order valence-electron chi connectivity index (χ1n) is 4.35. The molecule has 0 saturated carbocycles. The Balaban J connectivity index is 3.62. The minimum Gasteiger partial charge on any atom is -0.497 e. The molecule has 0 radical (unpaired) electrons. The average molecular weight is 247 g/mol. The van der Waals surface area contributed by atoms with Crippen LogP contribution < -0.4 is 10.5 Å². The molecule has 0 atom stereocenters. The molecule has 1 rings (SSSR count). The number of hydrogen-bond donors (Lipinski definition) is 1. The van der Waals surface area contributed by atoms with Crippen molar-refractivity contribution >= 4 is 12.2 Å². The van der Waals surface area contributed by atoms with Crippen molar-refractivity contribution in [3.05, 3.63) is 28.8 Å². The van der Waals surface area contributed by atoms with Crippen LogP contribution in [0.5, 0.6) is 5.75 Å². The number of methoxy groups -OCH3 is 1. The Labute approximate surface area is 94.2 Å². The number of nitrogens with two attached hydrogens (primary N) is 1. The SMILES string of the molecule is COc1cc(C(N)=O)c(C=O)c(C(F)(F)F)c1. The Morgan fingerprint density at radius 2 is 2.00 bits per heavy atom. The van der Waals surface area contributed by atoms with Crippen molar-refractivity contribution in [2.75, 3.05) is 7.11 Å². The van der Waals surface area contributed by atoms with Crippen LogP contribution in [0.2, 0.25) is 0 Å². The van der Waals surface area contributed by atoms with Crippen LogP contribution in [0.1, 0.15) is 26.3 Å². The lowest BCUT2D eigenvalue weighted by molar-refractivity contribution is -0.137. The first-order chi connectivity index (χ1) is 7.81. The minimum atomic E-state index is -4.77. The molecule has 0 spiro atoms. The summed E-state index contributed by atoms with van der Waals surface area (Å²) in [6, 6.07) is 1.62. The lowest BCUT2D eigenvalue weighted by atomic mass is 10.0. The lowest BCUT2D eigenvalue weighted by Crippen LogP contribution is -2.18. The summed E-state index contributed by atoms with van der Waals surface area (Å²) < 4.78 is 42.5. The van der Waals surface area contributed by atoms with E-state index in [0.717, 1.165) is 13.2 Å². The molecule has 4 nitrogen and oxygen atoms in total. The zero-order valence-electron chi connectivity index (χ0n) is 8.67. The molecule has 1 amide bonds. The van der Waals surface area contributed by atoms with Gasteiger partial charge in [0, 0.05) is 5.56 Å². The second-order valence-electron chi connectivity index (χ2n) is 3.12. The number of aldehydes is 1. The van der Waals surface area contributed by atoms with Crippen LogP contribution in [0.15, 0.2) is 12.1 Å². The summed E-state index contributed by atoms with van der Waals surface area (Å²) in [5.41, 5.74) is 2.35. The van der Waals surface area contributed by atoms with Crippen molar-refractivity contribution in [2.45, 2.75) is 6.18 Å². The summed E-state index contributed by atoms with van der Waals surface area (Å²) >= 11 is 0. The fraction of sp³-hybridized carbons (Fsp3) is 0.200. The number of amides is 1. The largest absolute Gasteiger partial charge is 0.497 e. The predicted octanol–water partition coefficient (Wildman–Crippen LogP) is 1.63. The van der Waals surface area contributed by atoms with E-state index < -0.39 is 28.8 Å². The molecular formula is C10H8F3NO3. The van der Waals surface area contributed by atoms with Gasteiger partial charge >= 0.3 is 6.18 Å². The second kappa shape index (κ2) is 4.44. The Kier molecular flexibility index (Phi) is 3.40. The summed E-state index contributed by atoms with van der Waals surface area (Å²) in [5, 5.41) is 0. The minimum absolute atomic E-state index is 0.0532. The second-order valence-corrected chi connectivity index (χ2v) is 3.12. The fourth-order valence-electron chi connectivity index (χ4n) is 1.31. The van der Waals surface area contributed by atoms with E-state index in [9.17, 15) is 22.8 Å². The molecule has 0 unspecified atom stereocenters. The Morgan fingerprint density at radius 3 is 2.35 bits per heavy atom. The van der Waals surface area contributed by atoms with Crippen LogP contribution in [-0.2, 0) is 6.18 Å². The van der Waals surface area contributed by atoms with Crippen molar-refractivity contribution in [3.63, 3.8) is 0 Å². The lowest BCUT2D eigenvalue weighted by Gasteiger charge is -2.13. The zero-order chi connectivity index (χ0) is 13.2. The van der Waals surface area contributed by atoms with Gasteiger partial charge in [0.15, 0.2) is 6.29 Å². The number of hydrogen-bond acceptors (Lipinski definition) is 3. The van der Waals surface area contributed by atoms with Crippen LogP contribution in [0.25, 0.3) is 0 Å². The highest BCUT2D eigenvalue weighted by Gasteiger charge is 2.35. The molecule has 7 heteroatoms. The number of carbonyl (C=O) groups excluding carboxylic acids is 2. The van der Waals surface area contributed by atoms with E-state index in [4.69, 9.17) is 5.73 Å². The summed E-state index contributed by atoms with van der Waals surface area (Å²) in [5.74, 6) is -1.33. The molecule has 0 fully saturated rings. The summed E-state index contributed by atoms with van der Waals surface area (Å²) in [6.07, 6.45) is -4.82. The van der Waals surface area contributed by atoms with Gasteiger partial charge in [0.2, 0.25) is 5.91 Å². The quantitative estimate of drug-likeness (QED) is 0.825. The number of rotatable bonds is 3. The maximum absolute atomic E-state index is 12.6. The molecule has 1 aromatic carbocycles. The van der Waals surface area contributed by atoms with Gasteiger partial charge in [-0.25, -0.2) is 0 Å². The Bertz CT molecular complexity index is 469. The first kappa shape index (κ1) is 13.0. The number of alkyl halides is 3. The third-order valence-electron chi connectivity index (χ3n) is 2.08. The highest BCUT2D eigenvalue weighted by atomic mass is 19.4. The third kappa shape index (κ3) is 2.55. The molecule has 0 bridgehead atoms. The topological polar surface area (TPSA) is 69.4 Å². The van der Waals surface area contributed by atoms with E-state index >= 15 is 0 Å². The van der Waals surface area contributed by atoms with Gasteiger partial charge in [-0.15, -0.1) is 0 Å². The van der Waals surface area contributed by atoms with Gasteiger partial charge in [0.05, 0.1) is 18.2 Å². The molecule has 17 heavy (non-hydrogen) atoms. The van der Waals surface area contributed by atoms with Gasteiger partial charge in [0.25, 0.3) is 0 Å². The van der Waals surface area contributed by atoms with Crippen LogP contribution in [0.4, 0.5) is 13.2 Å². The molecule has 0 aliphatic rings. The van der Waals surface area contributed by atoms with Crippen molar-refractivity contribution in [2.24, 2.45) is 5.73 Å². The maximum atomic E-state index is 12.6. The van der Waals surface area contributed by atoms with Crippen LogP contribution in [-0.4, -0.2) is 19.3 Å². The van der Waals surface area contributed by atoms with Crippen LogP contribution in [0.3, 0.4) is 0 Å². The normalized spacial score (nSPS) is 11.1. The Hall–Kier alpha value is -2.05. The Morgan fingerprint density at radius 1 is 1.41 bits per heavy atom. The average Bonchev–Trinajstić information content (AvgIpc) is 2.25. The molecule has 0 saturated heterocycles. The summed E-state index contributed by atoms with van der Waals surface area (Å²) in [4.78, 5) is 21.6. The zero-order valence-corrected chi connectivity index (χ0v) is 8.67. The molecular weight excluding hydrogens is 239 g/mol. The van der Waals surface area contributed by atoms with Gasteiger partial charge in [0.1, 0.15) is 5.75 Å². The summed E-state index contributed by atoms with van der Waals surface area (Å²) in [7, 11) is 1.14. The van der Waals surface area contributed by atoms with E-state index in [2.05, 4.69) is 4.74 Å². The van der Waals surface area contributed by atoms with Crippen LogP contribution in [0, 0.1) is 0 Å². The molecule has 2 N–H and O–H groups in total. The standard InChI is InChI=1S/C10H8F3NO3/c1-17-5-2-6(9(14)16)7(4-15)8(3-5)10(11,12)13/h2-4H,1H3,(H2,14,16). The van der Waals surface area contributed by atoms with Crippen molar-refractivity contribution in [3.8, 4) is 5.75 Å². The molecule has 1 aromatic rings. The third-order valence-corrected chi connectivity index (χ3v) is 2.08. The molecule has 0 aromatic heterocycles. The number of carbonyl (C=O) groups is 2. The monoisotopic (exact) mass is 247 g/mol. The maximum Gasteiger partial charge on any atom is 0.417 e. The van der Waals surface area contributed by atoms with Crippen molar-refractivity contribution in [1.29, 1.82) is 0 Å². The summed E-state index contributed by atoms with van der Waals surface area (Å²) in [6.45, 7) is 0. The van der Waals surface area contributed by atoms with E-state index in [1.165, 1.54) is 0 Å². The number of primary amides is 1. The number of benzene rings is 1. The molecule has 0 heterocycles. The van der Waals surface area contributed by atoms with Gasteiger partial charge in [-0.05, 0) is 12.1 Å².